The molecule has 3 rings (SSSR count). The number of anilines is 1. The molecule has 1 aromatic rings. The maximum Gasteiger partial charge on any atom is 0.405 e. The van der Waals surface area contributed by atoms with E-state index in [1.807, 2.05) is 0 Å². The summed E-state index contributed by atoms with van der Waals surface area (Å²) in [6, 6.07) is 8.84. The van der Waals surface area contributed by atoms with Gasteiger partial charge in [0.15, 0.2) is 0 Å². The van der Waals surface area contributed by atoms with Gasteiger partial charge >= 0.3 is 12.1 Å². The molecule has 0 unspecified atom stereocenters. The molecule has 9 heteroatoms. The Morgan fingerprint density at radius 1 is 1.28 bits per heavy atom. The summed E-state index contributed by atoms with van der Waals surface area (Å²) in [6.07, 6.45) is -0.000378. The Kier molecular flexibility index (Phi) is 6.02. The van der Waals surface area contributed by atoms with Crippen LogP contribution in [-0.2, 0) is 4.79 Å². The van der Waals surface area contributed by atoms with Gasteiger partial charge in [0, 0.05) is 31.4 Å². The minimum atomic E-state index is -1.23. The number of urea groups is 1. The summed E-state index contributed by atoms with van der Waals surface area (Å²) in [5, 5.41) is 19.8. The smallest absolute Gasteiger partial charge is 0.405 e. The second-order valence-electron chi connectivity index (χ2n) is 7.18. The predicted octanol–water partition coefficient (Wildman–Crippen LogP) is 1.62. The van der Waals surface area contributed by atoms with Gasteiger partial charge in [0.2, 0.25) is 5.91 Å². The van der Waals surface area contributed by atoms with Crippen LogP contribution in [0.15, 0.2) is 36.4 Å². The molecular formula is C20H23N5O4. The van der Waals surface area contributed by atoms with E-state index in [0.29, 0.717) is 50.3 Å². The van der Waals surface area contributed by atoms with E-state index in [-0.39, 0.29) is 24.5 Å². The van der Waals surface area contributed by atoms with Crippen molar-refractivity contribution in [2.24, 2.45) is 0 Å². The van der Waals surface area contributed by atoms with Gasteiger partial charge in [0.25, 0.3) is 0 Å². The van der Waals surface area contributed by atoms with E-state index in [4.69, 9.17) is 10.4 Å². The molecule has 152 valence electrons. The van der Waals surface area contributed by atoms with E-state index in [2.05, 4.69) is 18.0 Å². The topological polar surface area (TPSA) is 117 Å². The van der Waals surface area contributed by atoms with E-state index >= 15 is 0 Å². The van der Waals surface area contributed by atoms with E-state index in [9.17, 15) is 14.4 Å². The Hall–Kier alpha value is -3.54. The van der Waals surface area contributed by atoms with Crippen LogP contribution in [0.5, 0.6) is 0 Å². The molecule has 2 aliphatic rings. The molecular weight excluding hydrogens is 374 g/mol. The van der Waals surface area contributed by atoms with Crippen LogP contribution in [-0.4, -0.2) is 71.7 Å². The molecule has 0 bridgehead atoms. The highest BCUT2D eigenvalue weighted by Gasteiger charge is 2.35. The summed E-state index contributed by atoms with van der Waals surface area (Å²) in [5.41, 5.74) is 2.04. The normalized spacial score (nSPS) is 17.8. The maximum absolute atomic E-state index is 13.1. The van der Waals surface area contributed by atoms with Gasteiger partial charge in [-0.2, -0.15) is 5.26 Å². The van der Waals surface area contributed by atoms with E-state index < -0.39 is 6.09 Å². The molecule has 1 aromatic carbocycles. The fraction of sp³-hybridized carbons (Fsp3) is 0.400. The molecule has 0 saturated carbocycles. The lowest BCUT2D eigenvalue weighted by molar-refractivity contribution is -0.131. The molecule has 9 nitrogen and oxygen atoms in total. The van der Waals surface area contributed by atoms with Crippen molar-refractivity contribution >= 4 is 23.7 Å². The average Bonchev–Trinajstić information content (AvgIpc) is 2.73. The molecule has 0 atom stereocenters. The lowest BCUT2D eigenvalue weighted by Crippen LogP contribution is -2.57. The zero-order valence-corrected chi connectivity index (χ0v) is 16.0. The molecule has 2 heterocycles. The monoisotopic (exact) mass is 397 g/mol. The first kappa shape index (κ1) is 20.2. The number of nitriles is 1. The molecule has 2 aliphatic heterocycles. The molecule has 29 heavy (non-hydrogen) atoms. The number of piperidine rings is 1. The van der Waals surface area contributed by atoms with Gasteiger partial charge in [-0.15, -0.1) is 0 Å². The number of amides is 4. The van der Waals surface area contributed by atoms with Crippen molar-refractivity contribution in [3.05, 3.63) is 42.0 Å². The first-order chi connectivity index (χ1) is 13.9. The van der Waals surface area contributed by atoms with E-state index in [0.717, 1.165) is 5.57 Å². The van der Waals surface area contributed by atoms with E-state index in [1.165, 1.54) is 0 Å². The van der Waals surface area contributed by atoms with Crippen molar-refractivity contribution in [3.63, 3.8) is 0 Å². The van der Waals surface area contributed by atoms with Crippen LogP contribution in [0.1, 0.15) is 18.4 Å². The van der Waals surface area contributed by atoms with Gasteiger partial charge in [-0.1, -0.05) is 12.6 Å². The quantitative estimate of drug-likeness (QED) is 0.749. The minimum absolute atomic E-state index is 0.0299. The minimum Gasteiger partial charge on any atom is -0.465 e. The van der Waals surface area contributed by atoms with Crippen LogP contribution in [0.3, 0.4) is 0 Å². The molecule has 0 spiro atoms. The Morgan fingerprint density at radius 3 is 2.66 bits per heavy atom. The first-order valence-electron chi connectivity index (χ1n) is 9.38. The number of carbonyl (C=O) groups is 3. The zero-order chi connectivity index (χ0) is 21.0. The van der Waals surface area contributed by atoms with Gasteiger partial charge in [0.1, 0.15) is 6.54 Å². The molecule has 2 saturated heterocycles. The van der Waals surface area contributed by atoms with Gasteiger partial charge in [-0.25, -0.2) is 9.59 Å². The van der Waals surface area contributed by atoms with Crippen molar-refractivity contribution in [2.45, 2.75) is 18.9 Å². The van der Waals surface area contributed by atoms with Crippen LogP contribution < -0.4 is 10.2 Å². The molecule has 2 fully saturated rings. The molecule has 2 N–H and O–H groups in total. The molecule has 0 aliphatic carbocycles. The molecule has 0 radical (unpaired) electrons. The van der Waals surface area contributed by atoms with Crippen LogP contribution in [0, 0.1) is 11.3 Å². The number of nitrogens with one attached hydrogen (secondary N) is 1. The van der Waals surface area contributed by atoms with Crippen LogP contribution in [0.25, 0.3) is 0 Å². The Labute approximate surface area is 168 Å². The highest BCUT2D eigenvalue weighted by Crippen LogP contribution is 2.27. The van der Waals surface area contributed by atoms with Crippen LogP contribution in [0.2, 0.25) is 0 Å². The summed E-state index contributed by atoms with van der Waals surface area (Å²) < 4.78 is 0. The number of benzene rings is 1. The second kappa shape index (κ2) is 8.65. The molecule has 0 aromatic heterocycles. The SMILES string of the molecule is C=C1CN(c2cccc(C#N)c2)C(=O)N(C2CCN(C(=O)CNC(=O)O)CC2)C1. The van der Waals surface area contributed by atoms with Crippen LogP contribution >= 0.6 is 0 Å². The van der Waals surface area contributed by atoms with Crippen molar-refractivity contribution in [2.75, 3.05) is 37.6 Å². The molecule has 4 amide bonds. The lowest BCUT2D eigenvalue weighted by atomic mass is 10.0. The summed E-state index contributed by atoms with van der Waals surface area (Å²) in [6.45, 7) is 5.62. The van der Waals surface area contributed by atoms with Crippen molar-refractivity contribution in [1.82, 2.24) is 15.1 Å². The average molecular weight is 397 g/mol. The van der Waals surface area contributed by atoms with Gasteiger partial charge in [0.05, 0.1) is 18.2 Å². The zero-order valence-electron chi connectivity index (χ0n) is 16.0. The summed E-state index contributed by atoms with van der Waals surface area (Å²) >= 11 is 0. The lowest BCUT2D eigenvalue weighted by Gasteiger charge is -2.44. The number of rotatable bonds is 4. The standard InChI is InChI=1S/C20H23N5O4/c1-14-12-24(16-5-7-23(8-6-16)18(26)11-22-19(27)28)20(29)25(13-14)17-4-2-3-15(9-17)10-21/h2-4,9,16,22H,1,5-8,11-13H2,(H,27,28). The summed E-state index contributed by atoms with van der Waals surface area (Å²) in [4.78, 5) is 40.8. The number of carbonyl (C=O) groups excluding carboxylic acids is 2. The highest BCUT2D eigenvalue weighted by molar-refractivity contribution is 5.94. The Morgan fingerprint density at radius 2 is 2.00 bits per heavy atom. The van der Waals surface area contributed by atoms with Crippen LogP contribution in [0.4, 0.5) is 15.3 Å². The van der Waals surface area contributed by atoms with E-state index in [1.54, 1.807) is 39.0 Å². The third-order valence-corrected chi connectivity index (χ3v) is 5.19. The summed E-state index contributed by atoms with van der Waals surface area (Å²) in [7, 11) is 0. The fourth-order valence-electron chi connectivity index (χ4n) is 3.73. The number of hydrogen-bond acceptors (Lipinski definition) is 4. The van der Waals surface area contributed by atoms with Gasteiger partial charge in [-0.05, 0) is 36.6 Å². The van der Waals surface area contributed by atoms with Gasteiger partial charge in [-0.3, -0.25) is 9.69 Å². The largest absolute Gasteiger partial charge is 0.465 e. The third-order valence-electron chi connectivity index (χ3n) is 5.19. The number of nitrogens with zero attached hydrogens (tertiary/aromatic N) is 4. The fourth-order valence-corrected chi connectivity index (χ4v) is 3.73. The van der Waals surface area contributed by atoms with Crippen molar-refractivity contribution < 1.29 is 19.5 Å². The van der Waals surface area contributed by atoms with Gasteiger partial charge < -0.3 is 20.2 Å². The Balaban J connectivity index is 1.65. The predicted molar refractivity (Wildman–Crippen MR) is 105 cm³/mol. The number of carboxylic acid groups (broad SMARTS) is 1. The summed E-state index contributed by atoms with van der Waals surface area (Å²) in [5.74, 6) is -0.268. The third kappa shape index (κ3) is 4.66. The highest BCUT2D eigenvalue weighted by atomic mass is 16.4. The second-order valence-corrected chi connectivity index (χ2v) is 7.18. The first-order valence-corrected chi connectivity index (χ1v) is 9.38. The van der Waals surface area contributed by atoms with Crippen molar-refractivity contribution in [3.8, 4) is 6.07 Å². The Bertz CT molecular complexity index is 870. The van der Waals surface area contributed by atoms with Crippen molar-refractivity contribution in [1.29, 1.82) is 5.26 Å². The number of likely N-dealkylation sites (tertiary alicyclic amines) is 1. The number of hydrogen-bond donors (Lipinski definition) is 2. The maximum atomic E-state index is 13.1.